The van der Waals surface area contributed by atoms with Crippen LogP contribution in [0.2, 0.25) is 0 Å². The van der Waals surface area contributed by atoms with Crippen molar-refractivity contribution in [1.82, 2.24) is 15.1 Å². The van der Waals surface area contributed by atoms with Gasteiger partial charge in [0.2, 0.25) is 11.8 Å². The summed E-state index contributed by atoms with van der Waals surface area (Å²) in [5.74, 6) is -0.722. The van der Waals surface area contributed by atoms with E-state index >= 15 is 0 Å². The van der Waals surface area contributed by atoms with Gasteiger partial charge in [0.1, 0.15) is 6.04 Å². The first kappa shape index (κ1) is 19.5. The Hall–Kier alpha value is -2.41. The van der Waals surface area contributed by atoms with Gasteiger partial charge in [-0.1, -0.05) is 0 Å². The lowest BCUT2D eigenvalue weighted by molar-refractivity contribution is -0.136. The highest BCUT2D eigenvalue weighted by Gasteiger charge is 2.44. The van der Waals surface area contributed by atoms with Crippen LogP contribution in [0, 0.1) is 0 Å². The van der Waals surface area contributed by atoms with Crippen LogP contribution in [0.5, 0.6) is 0 Å². The number of fused-ring (bicyclic) bond motifs is 4. The van der Waals surface area contributed by atoms with Crippen molar-refractivity contribution >= 4 is 23.4 Å². The Bertz CT molecular complexity index is 922. The summed E-state index contributed by atoms with van der Waals surface area (Å²) in [6.45, 7) is 9.41. The summed E-state index contributed by atoms with van der Waals surface area (Å²) in [5.41, 5.74) is 3.02. The molecular formula is C23H30N4O3. The number of nitrogens with zero attached hydrogens (tertiary/aromatic N) is 3. The zero-order valence-electron chi connectivity index (χ0n) is 18.0. The third-order valence-corrected chi connectivity index (χ3v) is 7.23. The number of amides is 3. The van der Waals surface area contributed by atoms with Crippen LogP contribution in [0.1, 0.15) is 62.4 Å². The summed E-state index contributed by atoms with van der Waals surface area (Å²) in [7, 11) is 0. The van der Waals surface area contributed by atoms with Crippen LogP contribution in [0.4, 0.5) is 5.69 Å². The number of carbonyl (C=O) groups is 3. The number of imide groups is 1. The van der Waals surface area contributed by atoms with Gasteiger partial charge in [-0.2, -0.15) is 0 Å². The number of piperidine rings is 3. The average Bonchev–Trinajstić information content (AvgIpc) is 3.03. The van der Waals surface area contributed by atoms with E-state index in [0.717, 1.165) is 18.7 Å². The highest BCUT2D eigenvalue weighted by molar-refractivity contribution is 6.05. The molecule has 6 rings (SSSR count). The first-order valence-electron chi connectivity index (χ1n) is 11.0. The summed E-state index contributed by atoms with van der Waals surface area (Å²) < 4.78 is 0. The number of anilines is 1. The number of benzene rings is 1. The lowest BCUT2D eigenvalue weighted by Gasteiger charge is -2.56. The molecule has 1 N–H and O–H groups in total. The molecule has 0 aromatic heterocycles. The zero-order chi connectivity index (χ0) is 21.2. The molecule has 1 aromatic carbocycles. The predicted octanol–water partition coefficient (Wildman–Crippen LogP) is 1.90. The lowest BCUT2D eigenvalue weighted by atomic mass is 9.86. The molecule has 5 heterocycles. The number of carbonyl (C=O) groups excluding carboxylic acids is 3. The van der Waals surface area contributed by atoms with Crippen LogP contribution in [0.15, 0.2) is 18.2 Å². The van der Waals surface area contributed by atoms with Crippen LogP contribution in [-0.4, -0.2) is 64.3 Å². The molecule has 7 nitrogen and oxygen atoms in total. The lowest BCUT2D eigenvalue weighted by Crippen LogP contribution is -2.66. The van der Waals surface area contributed by atoms with Crippen molar-refractivity contribution in [2.24, 2.45) is 0 Å². The Balaban J connectivity index is 1.36. The van der Waals surface area contributed by atoms with E-state index in [0.29, 0.717) is 30.6 Å². The smallest absolute Gasteiger partial charge is 0.255 e. The molecule has 5 aliphatic rings. The summed E-state index contributed by atoms with van der Waals surface area (Å²) in [6.07, 6.45) is 3.12. The third-order valence-electron chi connectivity index (χ3n) is 7.23. The molecule has 0 spiro atoms. The summed E-state index contributed by atoms with van der Waals surface area (Å²) in [5, 5.41) is 2.37. The molecule has 3 atom stereocenters. The average molecular weight is 411 g/mol. The third kappa shape index (κ3) is 3.11. The van der Waals surface area contributed by atoms with Gasteiger partial charge in [0, 0.05) is 54.9 Å². The fourth-order valence-corrected chi connectivity index (χ4v) is 5.71. The van der Waals surface area contributed by atoms with E-state index in [1.54, 1.807) is 4.90 Å². The molecular weight excluding hydrogens is 380 g/mol. The SMILES string of the molecule is CC(C)(C)N1CC2CCC1CN2c1ccc2c(c1)CN([C@@H]1CCC(=O)NC1=O)C2=O. The maximum Gasteiger partial charge on any atom is 0.255 e. The zero-order valence-corrected chi connectivity index (χ0v) is 18.0. The molecule has 0 radical (unpaired) electrons. The molecule has 0 saturated carbocycles. The van der Waals surface area contributed by atoms with Crippen LogP contribution in [0.25, 0.3) is 0 Å². The molecule has 1 aromatic rings. The van der Waals surface area contributed by atoms with Crippen molar-refractivity contribution in [3.63, 3.8) is 0 Å². The number of hydrogen-bond donors (Lipinski definition) is 1. The Labute approximate surface area is 177 Å². The van der Waals surface area contributed by atoms with E-state index in [2.05, 4.69) is 48.0 Å². The molecule has 0 aliphatic carbocycles. The monoisotopic (exact) mass is 410 g/mol. The van der Waals surface area contributed by atoms with Crippen LogP contribution >= 0.6 is 0 Å². The highest BCUT2D eigenvalue weighted by Crippen LogP contribution is 2.38. The number of hydrogen-bond acceptors (Lipinski definition) is 5. The van der Waals surface area contributed by atoms with Crippen LogP contribution < -0.4 is 10.2 Å². The molecule has 2 bridgehead atoms. The van der Waals surface area contributed by atoms with Gasteiger partial charge in [0.25, 0.3) is 5.91 Å². The molecule has 5 aliphatic heterocycles. The Morgan fingerprint density at radius 3 is 2.40 bits per heavy atom. The second kappa shape index (κ2) is 6.80. The summed E-state index contributed by atoms with van der Waals surface area (Å²) >= 11 is 0. The normalized spacial score (nSPS) is 29.4. The van der Waals surface area contributed by atoms with Crippen LogP contribution in [-0.2, 0) is 16.1 Å². The van der Waals surface area contributed by atoms with E-state index < -0.39 is 6.04 Å². The molecule has 30 heavy (non-hydrogen) atoms. The van der Waals surface area contributed by atoms with E-state index in [4.69, 9.17) is 0 Å². The maximum atomic E-state index is 12.9. The summed E-state index contributed by atoms with van der Waals surface area (Å²) in [6, 6.07) is 6.62. The Kier molecular flexibility index (Phi) is 4.43. The van der Waals surface area contributed by atoms with E-state index in [-0.39, 0.29) is 29.7 Å². The van der Waals surface area contributed by atoms with Gasteiger partial charge in [0.05, 0.1) is 0 Å². The molecule has 7 heteroatoms. The first-order chi connectivity index (χ1) is 14.2. The van der Waals surface area contributed by atoms with Gasteiger partial charge in [-0.15, -0.1) is 0 Å². The standard InChI is InChI=1S/C23H30N4O3/c1-23(2,3)27-13-16-4-5-17(27)12-25(16)15-6-7-18-14(10-15)11-26(22(18)30)19-8-9-20(28)24-21(19)29/h6-7,10,16-17,19H,4-5,8-9,11-13H2,1-3H3,(H,24,28,29)/t16?,17?,19-/m1/s1. The van der Waals surface area contributed by atoms with Crippen molar-refractivity contribution in [3.05, 3.63) is 29.3 Å². The van der Waals surface area contributed by atoms with Gasteiger partial charge in [0.15, 0.2) is 0 Å². The van der Waals surface area contributed by atoms with Crippen LogP contribution in [0.3, 0.4) is 0 Å². The first-order valence-corrected chi connectivity index (χ1v) is 11.0. The molecule has 4 saturated heterocycles. The maximum absolute atomic E-state index is 12.9. The minimum atomic E-state index is -0.558. The second-order valence-electron chi connectivity index (χ2n) is 10.1. The van der Waals surface area contributed by atoms with Crippen molar-refractivity contribution < 1.29 is 14.4 Å². The molecule has 3 amide bonds. The fourth-order valence-electron chi connectivity index (χ4n) is 5.71. The number of rotatable bonds is 2. The Morgan fingerprint density at radius 2 is 1.73 bits per heavy atom. The quantitative estimate of drug-likeness (QED) is 0.754. The van der Waals surface area contributed by atoms with Crippen molar-refractivity contribution in [2.45, 2.75) is 76.7 Å². The fraction of sp³-hybridized carbons (Fsp3) is 0.609. The molecule has 2 unspecified atom stereocenters. The van der Waals surface area contributed by atoms with Gasteiger partial charge < -0.3 is 9.80 Å². The molecule has 4 fully saturated rings. The van der Waals surface area contributed by atoms with Crippen molar-refractivity contribution in [3.8, 4) is 0 Å². The van der Waals surface area contributed by atoms with Gasteiger partial charge >= 0.3 is 0 Å². The summed E-state index contributed by atoms with van der Waals surface area (Å²) in [4.78, 5) is 43.4. The largest absolute Gasteiger partial charge is 0.366 e. The Morgan fingerprint density at radius 1 is 0.967 bits per heavy atom. The second-order valence-corrected chi connectivity index (χ2v) is 10.1. The molecule has 160 valence electrons. The minimum absolute atomic E-state index is 0.106. The van der Waals surface area contributed by atoms with E-state index in [1.165, 1.54) is 18.5 Å². The minimum Gasteiger partial charge on any atom is -0.366 e. The number of piperazine rings is 1. The number of nitrogens with one attached hydrogen (secondary N) is 1. The van der Waals surface area contributed by atoms with Crippen molar-refractivity contribution in [2.75, 3.05) is 18.0 Å². The van der Waals surface area contributed by atoms with Gasteiger partial charge in [-0.3, -0.25) is 24.6 Å². The topological polar surface area (TPSA) is 73.0 Å². The highest BCUT2D eigenvalue weighted by atomic mass is 16.2. The van der Waals surface area contributed by atoms with E-state index in [9.17, 15) is 14.4 Å². The predicted molar refractivity (Wildman–Crippen MR) is 113 cm³/mol. The van der Waals surface area contributed by atoms with Gasteiger partial charge in [-0.05, 0) is 63.8 Å². The van der Waals surface area contributed by atoms with E-state index in [1.807, 2.05) is 6.07 Å². The van der Waals surface area contributed by atoms with Crippen molar-refractivity contribution in [1.29, 1.82) is 0 Å². The van der Waals surface area contributed by atoms with Gasteiger partial charge in [-0.25, -0.2) is 0 Å².